The summed E-state index contributed by atoms with van der Waals surface area (Å²) in [4.78, 5) is 4.92. The molecule has 0 saturated heterocycles. The molecule has 0 unspecified atom stereocenters. The molecule has 0 bridgehead atoms. The number of allylic oxidation sites excluding steroid dienone is 4. The zero-order chi connectivity index (χ0) is 17.8. The highest BCUT2D eigenvalue weighted by Gasteiger charge is 2.13. The lowest BCUT2D eigenvalue weighted by Crippen LogP contribution is -2.27. The molecule has 0 atom stereocenters. The highest BCUT2D eigenvalue weighted by molar-refractivity contribution is 6.06. The summed E-state index contributed by atoms with van der Waals surface area (Å²) in [6, 6.07) is 8.37. The third-order valence-electron chi connectivity index (χ3n) is 4.14. The summed E-state index contributed by atoms with van der Waals surface area (Å²) in [6.45, 7) is 11.8. The molecule has 0 N–H and O–H groups in total. The van der Waals surface area contributed by atoms with Crippen LogP contribution in [0.25, 0.3) is 46.2 Å². The van der Waals surface area contributed by atoms with Crippen LogP contribution in [0.15, 0.2) is 61.7 Å². The molecule has 124 valence electrons. The zero-order valence-corrected chi connectivity index (χ0v) is 14.7. The van der Waals surface area contributed by atoms with Gasteiger partial charge in [-0.25, -0.2) is 4.98 Å². The number of rotatable bonds is 4. The van der Waals surface area contributed by atoms with E-state index >= 15 is 0 Å². The van der Waals surface area contributed by atoms with Gasteiger partial charge in [-0.2, -0.15) is 0 Å². The van der Waals surface area contributed by atoms with Gasteiger partial charge in [0, 0.05) is 16.8 Å². The molecule has 0 fully saturated rings. The number of aromatic nitrogens is 2. The van der Waals surface area contributed by atoms with E-state index in [-0.39, 0.29) is 0 Å². The van der Waals surface area contributed by atoms with Gasteiger partial charge >= 0.3 is 0 Å². The van der Waals surface area contributed by atoms with Crippen molar-refractivity contribution in [3.05, 3.63) is 78.0 Å². The molecule has 0 saturated carbocycles. The molecule has 3 rings (SSSR count). The third-order valence-corrected chi connectivity index (χ3v) is 4.14. The molecule has 25 heavy (non-hydrogen) atoms. The third kappa shape index (κ3) is 2.76. The first-order valence-corrected chi connectivity index (χ1v) is 8.40. The zero-order valence-electron chi connectivity index (χ0n) is 14.7. The molecule has 3 aromatic rings. The second-order valence-corrected chi connectivity index (χ2v) is 5.70. The van der Waals surface area contributed by atoms with Crippen LogP contribution >= 0.6 is 0 Å². The predicted octanol–water partition coefficient (Wildman–Crippen LogP) is 4.65. The second-order valence-electron chi connectivity index (χ2n) is 5.70. The fraction of sp³-hybridized carbons (Fsp3) is 0.0870. The van der Waals surface area contributed by atoms with Crippen molar-refractivity contribution in [3.8, 4) is 0 Å². The van der Waals surface area contributed by atoms with E-state index in [1.165, 1.54) is 5.39 Å². The second kappa shape index (κ2) is 7.18. The van der Waals surface area contributed by atoms with Gasteiger partial charge in [0.05, 0.1) is 11.0 Å². The van der Waals surface area contributed by atoms with Crippen molar-refractivity contribution in [2.45, 2.75) is 13.8 Å². The molecule has 0 spiro atoms. The molecule has 0 amide bonds. The van der Waals surface area contributed by atoms with Gasteiger partial charge in [0.15, 0.2) is 0 Å². The number of nitrogens with zero attached hydrogens (tertiary/aromatic N) is 2. The summed E-state index contributed by atoms with van der Waals surface area (Å²) in [5, 5.41) is 4.54. The fourth-order valence-corrected chi connectivity index (χ4v) is 3.24. The molecule has 0 radical (unpaired) electrons. The van der Waals surface area contributed by atoms with Gasteiger partial charge in [0.25, 0.3) is 0 Å². The van der Waals surface area contributed by atoms with Crippen LogP contribution in [0.5, 0.6) is 0 Å². The number of fused-ring (bicyclic) bond motifs is 3. The number of hydrogen-bond acceptors (Lipinski definition) is 1. The molecule has 0 aliphatic heterocycles. The first-order valence-electron chi connectivity index (χ1n) is 8.40. The van der Waals surface area contributed by atoms with E-state index in [0.29, 0.717) is 0 Å². The van der Waals surface area contributed by atoms with Crippen LogP contribution in [0, 0.1) is 0 Å². The Bertz CT molecular complexity index is 1140. The van der Waals surface area contributed by atoms with E-state index in [0.717, 1.165) is 32.7 Å². The summed E-state index contributed by atoms with van der Waals surface area (Å²) < 4.78 is 2.14. The number of benzene rings is 2. The first kappa shape index (κ1) is 16.7. The highest BCUT2D eigenvalue weighted by atomic mass is 15.1. The van der Waals surface area contributed by atoms with Crippen LogP contribution in [0.3, 0.4) is 0 Å². The Kier molecular flexibility index (Phi) is 4.80. The Labute approximate surface area is 148 Å². The average molecular weight is 326 g/mol. The lowest BCUT2D eigenvalue weighted by molar-refractivity contribution is 1.13. The normalized spacial score (nSPS) is 13.7. The molecule has 1 heterocycles. The van der Waals surface area contributed by atoms with Gasteiger partial charge < -0.3 is 0 Å². The minimum absolute atomic E-state index is 0.912. The summed E-state index contributed by atoms with van der Waals surface area (Å²) in [5.74, 6) is 0.912. The van der Waals surface area contributed by atoms with Gasteiger partial charge in [0.2, 0.25) is 0 Å². The van der Waals surface area contributed by atoms with Gasteiger partial charge in [0.1, 0.15) is 5.82 Å². The van der Waals surface area contributed by atoms with Crippen molar-refractivity contribution in [2.75, 3.05) is 0 Å². The van der Waals surface area contributed by atoms with E-state index in [4.69, 9.17) is 4.98 Å². The molecular formula is C23H22N2. The molecule has 2 aromatic carbocycles. The Balaban J connectivity index is 2.76. The quantitative estimate of drug-likeness (QED) is 0.682. The Hall–Kier alpha value is -3.13. The van der Waals surface area contributed by atoms with Gasteiger partial charge in [-0.3, -0.25) is 4.57 Å². The molecule has 1 aromatic heterocycles. The molecule has 2 nitrogen and oxygen atoms in total. The molecule has 0 aliphatic carbocycles. The molecule has 2 heteroatoms. The van der Waals surface area contributed by atoms with Crippen LogP contribution < -0.4 is 10.4 Å². The number of imidazole rings is 1. The van der Waals surface area contributed by atoms with Crippen LogP contribution in [0.1, 0.15) is 19.7 Å². The lowest BCUT2D eigenvalue weighted by Gasteiger charge is -2.05. The van der Waals surface area contributed by atoms with E-state index in [1.807, 2.05) is 50.3 Å². The SMILES string of the molecule is C=C/C=c1\c(=C/C=C)c2c(nc(/C=C\C)n2/C=C\C)c2ccccc12. The van der Waals surface area contributed by atoms with Crippen molar-refractivity contribution in [1.29, 1.82) is 0 Å². The summed E-state index contributed by atoms with van der Waals surface area (Å²) in [7, 11) is 0. The minimum Gasteiger partial charge on any atom is -0.299 e. The van der Waals surface area contributed by atoms with Gasteiger partial charge in [-0.15, -0.1) is 0 Å². The van der Waals surface area contributed by atoms with E-state index in [9.17, 15) is 0 Å². The van der Waals surface area contributed by atoms with Crippen molar-refractivity contribution in [1.82, 2.24) is 9.55 Å². The maximum Gasteiger partial charge on any atom is 0.137 e. The summed E-state index contributed by atoms with van der Waals surface area (Å²) in [5.41, 5.74) is 2.08. The Morgan fingerprint density at radius 2 is 1.60 bits per heavy atom. The Morgan fingerprint density at radius 1 is 0.920 bits per heavy atom. The fourth-order valence-electron chi connectivity index (χ4n) is 3.24. The Morgan fingerprint density at radius 3 is 2.24 bits per heavy atom. The standard InChI is InChI=1S/C23H22N2/c1-5-11-17-18-14-9-10-15-19(18)22-23(20(17)12-6-2)25(16-8-4)21(24-22)13-7-3/h5-16H,1-2H2,3-4H3/b13-7-,16-8-,17-11-,20-12+. The van der Waals surface area contributed by atoms with Gasteiger partial charge in [-0.1, -0.05) is 73.9 Å². The monoisotopic (exact) mass is 326 g/mol. The molecular weight excluding hydrogens is 304 g/mol. The highest BCUT2D eigenvalue weighted by Crippen LogP contribution is 2.22. The summed E-state index contributed by atoms with van der Waals surface area (Å²) in [6.07, 6.45) is 15.9. The van der Waals surface area contributed by atoms with Crippen LogP contribution in [0.2, 0.25) is 0 Å². The maximum absolute atomic E-state index is 4.92. The summed E-state index contributed by atoms with van der Waals surface area (Å²) >= 11 is 0. The minimum atomic E-state index is 0.912. The van der Waals surface area contributed by atoms with Crippen LogP contribution in [-0.2, 0) is 0 Å². The van der Waals surface area contributed by atoms with Crippen LogP contribution in [-0.4, -0.2) is 9.55 Å². The average Bonchev–Trinajstić information content (AvgIpc) is 2.97. The number of hydrogen-bond donors (Lipinski definition) is 0. The smallest absolute Gasteiger partial charge is 0.137 e. The maximum atomic E-state index is 4.92. The van der Waals surface area contributed by atoms with Gasteiger partial charge in [-0.05, 0) is 30.5 Å². The van der Waals surface area contributed by atoms with E-state index in [1.54, 1.807) is 0 Å². The van der Waals surface area contributed by atoms with Crippen molar-refractivity contribution in [3.63, 3.8) is 0 Å². The van der Waals surface area contributed by atoms with Crippen molar-refractivity contribution >= 4 is 46.2 Å². The van der Waals surface area contributed by atoms with Crippen molar-refractivity contribution in [2.24, 2.45) is 0 Å². The van der Waals surface area contributed by atoms with Crippen LogP contribution in [0.4, 0.5) is 0 Å². The molecule has 0 aliphatic rings. The topological polar surface area (TPSA) is 17.8 Å². The predicted molar refractivity (Wildman–Crippen MR) is 112 cm³/mol. The lowest BCUT2D eigenvalue weighted by atomic mass is 10.0. The van der Waals surface area contributed by atoms with E-state index < -0.39 is 0 Å². The van der Waals surface area contributed by atoms with Crippen molar-refractivity contribution < 1.29 is 0 Å². The largest absolute Gasteiger partial charge is 0.299 e. The first-order chi connectivity index (χ1) is 12.3. The van der Waals surface area contributed by atoms with E-state index in [2.05, 4.69) is 54.3 Å².